The smallest absolute Gasteiger partial charge is 0.339 e. The topological polar surface area (TPSA) is 103 Å². The Morgan fingerprint density at radius 2 is 1.92 bits per heavy atom. The molecule has 0 amide bonds. The van der Waals surface area contributed by atoms with E-state index in [9.17, 15) is 13.2 Å². The van der Waals surface area contributed by atoms with E-state index >= 15 is 0 Å². The zero-order valence-corrected chi connectivity index (χ0v) is 14.4. The first-order valence-corrected chi connectivity index (χ1v) is 8.62. The predicted octanol–water partition coefficient (Wildman–Crippen LogP) is 2.51. The van der Waals surface area contributed by atoms with E-state index in [1.54, 1.807) is 6.92 Å². The van der Waals surface area contributed by atoms with E-state index in [2.05, 4.69) is 4.74 Å². The average molecular weight is 361 g/mol. The molecule has 2 rings (SSSR count). The molecular formula is C17H15NO6S. The van der Waals surface area contributed by atoms with Crippen LogP contribution in [0.3, 0.4) is 0 Å². The van der Waals surface area contributed by atoms with Gasteiger partial charge in [-0.25, -0.2) is 4.79 Å². The van der Waals surface area contributed by atoms with E-state index in [1.165, 1.54) is 43.5 Å². The van der Waals surface area contributed by atoms with Gasteiger partial charge in [-0.1, -0.05) is 6.07 Å². The lowest BCUT2D eigenvalue weighted by molar-refractivity contribution is 0.0600. The fourth-order valence-electron chi connectivity index (χ4n) is 1.98. The van der Waals surface area contributed by atoms with Crippen molar-refractivity contribution in [1.29, 1.82) is 5.26 Å². The zero-order chi connectivity index (χ0) is 18.4. The van der Waals surface area contributed by atoms with Crippen LogP contribution in [-0.4, -0.2) is 28.1 Å². The highest BCUT2D eigenvalue weighted by molar-refractivity contribution is 7.87. The van der Waals surface area contributed by atoms with E-state index in [0.717, 1.165) is 6.07 Å². The molecule has 0 unspecified atom stereocenters. The quantitative estimate of drug-likeness (QED) is 0.575. The molecule has 0 aliphatic heterocycles. The van der Waals surface area contributed by atoms with Crippen LogP contribution < -0.4 is 8.92 Å². The highest BCUT2D eigenvalue weighted by atomic mass is 32.2. The summed E-state index contributed by atoms with van der Waals surface area (Å²) in [5.74, 6) is -0.580. The van der Waals surface area contributed by atoms with Crippen LogP contribution in [0.1, 0.15) is 22.8 Å². The molecular weight excluding hydrogens is 346 g/mol. The van der Waals surface area contributed by atoms with Gasteiger partial charge in [-0.15, -0.1) is 0 Å². The molecule has 0 heterocycles. The highest BCUT2D eigenvalue weighted by Crippen LogP contribution is 2.31. The molecule has 0 fully saturated rings. The van der Waals surface area contributed by atoms with Gasteiger partial charge in [0.25, 0.3) is 0 Å². The number of carbonyl (C=O) groups excluding carboxylic acids is 1. The van der Waals surface area contributed by atoms with Gasteiger partial charge in [0, 0.05) is 6.07 Å². The first-order chi connectivity index (χ1) is 11.9. The number of methoxy groups -OCH3 is 1. The van der Waals surface area contributed by atoms with Gasteiger partial charge in [0.15, 0.2) is 11.5 Å². The minimum atomic E-state index is -4.21. The van der Waals surface area contributed by atoms with Gasteiger partial charge < -0.3 is 13.7 Å². The van der Waals surface area contributed by atoms with Gasteiger partial charge in [-0.2, -0.15) is 13.7 Å². The van der Waals surface area contributed by atoms with Gasteiger partial charge >= 0.3 is 16.1 Å². The van der Waals surface area contributed by atoms with Crippen LogP contribution in [-0.2, 0) is 14.9 Å². The Balaban J connectivity index is 2.39. The summed E-state index contributed by atoms with van der Waals surface area (Å²) in [6.45, 7) is 1.99. The summed E-state index contributed by atoms with van der Waals surface area (Å²) in [6, 6.07) is 11.4. The molecule has 0 atom stereocenters. The Hall–Kier alpha value is -3.05. The highest BCUT2D eigenvalue weighted by Gasteiger charge is 2.21. The van der Waals surface area contributed by atoms with Gasteiger partial charge in [-0.05, 0) is 37.3 Å². The Bertz CT molecular complexity index is 930. The number of ether oxygens (including phenoxy) is 2. The Morgan fingerprint density at radius 3 is 2.56 bits per heavy atom. The second-order valence-corrected chi connectivity index (χ2v) is 6.31. The lowest BCUT2D eigenvalue weighted by Crippen LogP contribution is -2.12. The van der Waals surface area contributed by atoms with E-state index < -0.39 is 16.1 Å². The Labute approximate surface area is 145 Å². The third-order valence-electron chi connectivity index (χ3n) is 3.12. The maximum Gasteiger partial charge on any atom is 0.339 e. The summed E-state index contributed by atoms with van der Waals surface area (Å²) in [4.78, 5) is 11.3. The number of carbonyl (C=O) groups is 1. The van der Waals surface area contributed by atoms with E-state index in [1.807, 2.05) is 6.07 Å². The fourth-order valence-corrected chi connectivity index (χ4v) is 2.96. The van der Waals surface area contributed by atoms with Crippen molar-refractivity contribution < 1.29 is 26.9 Å². The molecule has 2 aromatic carbocycles. The molecule has 0 radical (unpaired) electrons. The third-order valence-corrected chi connectivity index (χ3v) is 4.35. The molecule has 0 bridgehead atoms. The van der Waals surface area contributed by atoms with Crippen molar-refractivity contribution >= 4 is 16.1 Å². The molecule has 130 valence electrons. The third kappa shape index (κ3) is 4.28. The SMILES string of the molecule is CCOc1cc(C#N)ccc1OS(=O)(=O)c1cccc(C(=O)OC)c1. The first-order valence-electron chi connectivity index (χ1n) is 7.21. The summed E-state index contributed by atoms with van der Waals surface area (Å²) in [6.07, 6.45) is 0. The van der Waals surface area contributed by atoms with Crippen molar-refractivity contribution in [3.63, 3.8) is 0 Å². The summed E-state index contributed by atoms with van der Waals surface area (Å²) in [5.41, 5.74) is 0.387. The number of rotatable bonds is 6. The number of nitriles is 1. The van der Waals surface area contributed by atoms with Crippen molar-refractivity contribution in [3.05, 3.63) is 53.6 Å². The normalized spacial score (nSPS) is 10.6. The monoisotopic (exact) mass is 361 g/mol. The summed E-state index contributed by atoms with van der Waals surface area (Å²) >= 11 is 0. The number of hydrogen-bond donors (Lipinski definition) is 0. The molecule has 0 aliphatic rings. The molecule has 8 heteroatoms. The van der Waals surface area contributed by atoms with Crippen LogP contribution in [0.5, 0.6) is 11.5 Å². The van der Waals surface area contributed by atoms with Crippen molar-refractivity contribution in [2.45, 2.75) is 11.8 Å². The maximum absolute atomic E-state index is 12.5. The second kappa shape index (κ2) is 7.68. The molecule has 0 N–H and O–H groups in total. The van der Waals surface area contributed by atoms with Gasteiger partial charge in [0.2, 0.25) is 0 Å². The molecule has 7 nitrogen and oxygen atoms in total. The molecule has 0 saturated carbocycles. The number of esters is 1. The van der Waals surface area contributed by atoms with Gasteiger partial charge in [-0.3, -0.25) is 0 Å². The number of benzene rings is 2. The minimum absolute atomic E-state index is 0.0516. The van der Waals surface area contributed by atoms with E-state index in [0.29, 0.717) is 5.56 Å². The number of nitrogens with zero attached hydrogens (tertiary/aromatic N) is 1. The second-order valence-electron chi connectivity index (χ2n) is 4.76. The minimum Gasteiger partial charge on any atom is -0.490 e. The van der Waals surface area contributed by atoms with Gasteiger partial charge in [0.1, 0.15) is 4.90 Å². The van der Waals surface area contributed by atoms with Crippen LogP contribution in [0.25, 0.3) is 0 Å². The van der Waals surface area contributed by atoms with E-state index in [-0.39, 0.29) is 28.6 Å². The standard InChI is InChI=1S/C17H15NO6S/c1-3-23-16-9-12(11-18)7-8-15(16)24-25(20,21)14-6-4-5-13(10-14)17(19)22-2/h4-10H,3H2,1-2H3. The van der Waals surface area contributed by atoms with Gasteiger partial charge in [0.05, 0.1) is 30.9 Å². The maximum atomic E-state index is 12.5. The largest absolute Gasteiger partial charge is 0.490 e. The van der Waals surface area contributed by atoms with Crippen molar-refractivity contribution in [2.24, 2.45) is 0 Å². The molecule has 25 heavy (non-hydrogen) atoms. The van der Waals surface area contributed by atoms with Crippen LogP contribution in [0.4, 0.5) is 0 Å². The molecule has 0 aliphatic carbocycles. The first kappa shape index (κ1) is 18.3. The molecule has 2 aromatic rings. The van der Waals surface area contributed by atoms with Crippen molar-refractivity contribution in [1.82, 2.24) is 0 Å². The van der Waals surface area contributed by atoms with Crippen LogP contribution in [0.2, 0.25) is 0 Å². The van der Waals surface area contributed by atoms with Crippen molar-refractivity contribution in [3.8, 4) is 17.6 Å². The van der Waals surface area contributed by atoms with Crippen LogP contribution >= 0.6 is 0 Å². The van der Waals surface area contributed by atoms with Crippen LogP contribution in [0.15, 0.2) is 47.4 Å². The molecule has 0 aromatic heterocycles. The van der Waals surface area contributed by atoms with Crippen molar-refractivity contribution in [2.75, 3.05) is 13.7 Å². The number of hydrogen-bond acceptors (Lipinski definition) is 7. The predicted molar refractivity (Wildman–Crippen MR) is 87.9 cm³/mol. The summed E-state index contributed by atoms with van der Waals surface area (Å²) in [7, 11) is -3.01. The lowest BCUT2D eigenvalue weighted by Gasteiger charge is -2.12. The van der Waals surface area contributed by atoms with Crippen LogP contribution in [0, 0.1) is 11.3 Å². The lowest BCUT2D eigenvalue weighted by atomic mass is 10.2. The zero-order valence-electron chi connectivity index (χ0n) is 13.6. The molecule has 0 spiro atoms. The average Bonchev–Trinajstić information content (AvgIpc) is 2.62. The Morgan fingerprint density at radius 1 is 1.16 bits per heavy atom. The summed E-state index contributed by atoms with van der Waals surface area (Å²) < 4.78 is 40.0. The Kier molecular flexibility index (Phi) is 5.62. The van der Waals surface area contributed by atoms with E-state index in [4.69, 9.17) is 14.2 Å². The summed E-state index contributed by atoms with van der Waals surface area (Å²) in [5, 5.41) is 8.93. The fraction of sp³-hybridized carbons (Fsp3) is 0.176. The molecule has 0 saturated heterocycles.